The lowest BCUT2D eigenvalue weighted by molar-refractivity contribution is -0.135. The van der Waals surface area contributed by atoms with E-state index in [1.165, 1.54) is 12.1 Å². The normalized spacial score (nSPS) is 22.6. The molecule has 20 heavy (non-hydrogen) atoms. The highest BCUT2D eigenvalue weighted by Crippen LogP contribution is 2.20. The quantitative estimate of drug-likeness (QED) is 0.930. The van der Waals surface area contributed by atoms with E-state index in [1.807, 2.05) is 0 Å². The van der Waals surface area contributed by atoms with Gasteiger partial charge >= 0.3 is 0 Å². The van der Waals surface area contributed by atoms with Crippen LogP contribution in [0.5, 0.6) is 0 Å². The Morgan fingerprint density at radius 3 is 2.95 bits per heavy atom. The number of halogens is 2. The first kappa shape index (κ1) is 15.3. The second-order valence-electron chi connectivity index (χ2n) is 5.52. The van der Waals surface area contributed by atoms with Crippen LogP contribution in [-0.4, -0.2) is 30.4 Å². The van der Waals surface area contributed by atoms with Crippen molar-refractivity contribution in [1.29, 1.82) is 0 Å². The molecular formula is C15H20ClFN2O. The van der Waals surface area contributed by atoms with Gasteiger partial charge in [0.25, 0.3) is 0 Å². The van der Waals surface area contributed by atoms with Crippen molar-refractivity contribution in [2.45, 2.75) is 32.4 Å². The molecule has 0 radical (unpaired) electrons. The third kappa shape index (κ3) is 3.70. The Bertz CT molecular complexity index is 495. The Morgan fingerprint density at radius 2 is 2.30 bits per heavy atom. The van der Waals surface area contributed by atoms with Crippen LogP contribution in [-0.2, 0) is 11.3 Å². The van der Waals surface area contributed by atoms with Gasteiger partial charge < -0.3 is 10.2 Å². The molecule has 0 saturated carbocycles. The minimum atomic E-state index is -0.444. The van der Waals surface area contributed by atoms with E-state index in [9.17, 15) is 9.18 Å². The minimum Gasteiger partial charge on any atom is -0.341 e. The number of amides is 1. The lowest BCUT2D eigenvalue weighted by Crippen LogP contribution is -2.42. The van der Waals surface area contributed by atoms with Crippen LogP contribution in [0.2, 0.25) is 5.02 Å². The Kier molecular flexibility index (Phi) is 5.00. The Balaban J connectivity index is 1.98. The summed E-state index contributed by atoms with van der Waals surface area (Å²) in [6.07, 6.45) is 1.72. The molecule has 1 aliphatic heterocycles. The van der Waals surface area contributed by atoms with Crippen molar-refractivity contribution in [2.75, 3.05) is 13.6 Å². The van der Waals surface area contributed by atoms with Crippen molar-refractivity contribution >= 4 is 17.5 Å². The van der Waals surface area contributed by atoms with E-state index < -0.39 is 5.82 Å². The first-order valence-corrected chi connectivity index (χ1v) is 7.27. The second-order valence-corrected chi connectivity index (χ2v) is 5.93. The van der Waals surface area contributed by atoms with Gasteiger partial charge in [-0.3, -0.25) is 4.79 Å². The predicted molar refractivity (Wildman–Crippen MR) is 78.1 cm³/mol. The topological polar surface area (TPSA) is 32.3 Å². The van der Waals surface area contributed by atoms with Crippen LogP contribution in [0.3, 0.4) is 0 Å². The van der Waals surface area contributed by atoms with Crippen molar-refractivity contribution < 1.29 is 9.18 Å². The zero-order chi connectivity index (χ0) is 14.7. The van der Waals surface area contributed by atoms with Crippen molar-refractivity contribution in [3.8, 4) is 0 Å². The fraction of sp³-hybridized carbons (Fsp3) is 0.533. The smallest absolute Gasteiger partial charge is 0.225 e. The lowest BCUT2D eigenvalue weighted by atomic mass is 9.92. The summed E-state index contributed by atoms with van der Waals surface area (Å²) in [6, 6.07) is 5.04. The molecule has 1 aliphatic rings. The van der Waals surface area contributed by atoms with Gasteiger partial charge in [-0.05, 0) is 44.0 Å². The van der Waals surface area contributed by atoms with Gasteiger partial charge in [0.2, 0.25) is 5.91 Å². The van der Waals surface area contributed by atoms with Gasteiger partial charge in [-0.25, -0.2) is 4.39 Å². The summed E-state index contributed by atoms with van der Waals surface area (Å²) < 4.78 is 13.4. The fourth-order valence-corrected chi connectivity index (χ4v) is 2.78. The standard InChI is InChI=1S/C15H20ClFN2O/c1-10-7-12(5-6-18-10)15(20)19(2)9-11-3-4-13(16)14(17)8-11/h3-4,8,10,12,18H,5-7,9H2,1-2H3/t10-,12-/m0/s1. The van der Waals surface area contributed by atoms with Crippen molar-refractivity contribution in [1.82, 2.24) is 10.2 Å². The van der Waals surface area contributed by atoms with Crippen LogP contribution < -0.4 is 5.32 Å². The summed E-state index contributed by atoms with van der Waals surface area (Å²) >= 11 is 5.66. The Labute approximate surface area is 124 Å². The molecule has 5 heteroatoms. The summed E-state index contributed by atoms with van der Waals surface area (Å²) in [7, 11) is 1.77. The average Bonchev–Trinajstić information content (AvgIpc) is 2.42. The zero-order valence-corrected chi connectivity index (χ0v) is 12.6. The van der Waals surface area contributed by atoms with Gasteiger partial charge in [-0.2, -0.15) is 0 Å². The molecule has 2 atom stereocenters. The van der Waals surface area contributed by atoms with Crippen molar-refractivity contribution in [2.24, 2.45) is 5.92 Å². The number of nitrogens with zero attached hydrogens (tertiary/aromatic N) is 1. The maximum Gasteiger partial charge on any atom is 0.225 e. The molecule has 110 valence electrons. The van der Waals surface area contributed by atoms with Crippen LogP contribution in [0, 0.1) is 11.7 Å². The van der Waals surface area contributed by atoms with E-state index in [0.717, 1.165) is 24.9 Å². The van der Waals surface area contributed by atoms with Gasteiger partial charge in [-0.1, -0.05) is 17.7 Å². The molecule has 0 spiro atoms. The van der Waals surface area contributed by atoms with Crippen LogP contribution in [0.1, 0.15) is 25.3 Å². The van der Waals surface area contributed by atoms with Gasteiger partial charge in [0.15, 0.2) is 0 Å². The molecule has 1 aromatic rings. The zero-order valence-electron chi connectivity index (χ0n) is 11.8. The molecule has 0 unspecified atom stereocenters. The Hall–Kier alpha value is -1.13. The Morgan fingerprint density at radius 1 is 1.55 bits per heavy atom. The summed E-state index contributed by atoms with van der Waals surface area (Å²) in [5.41, 5.74) is 0.754. The molecule has 1 aromatic carbocycles. The second kappa shape index (κ2) is 6.55. The number of carbonyl (C=O) groups excluding carboxylic acids is 1. The van der Waals surface area contributed by atoms with Crippen molar-refractivity contribution in [3.63, 3.8) is 0 Å². The predicted octanol–water partition coefficient (Wildman–Crippen LogP) is 2.83. The van der Waals surface area contributed by atoms with Gasteiger partial charge in [0, 0.05) is 25.6 Å². The molecule has 1 amide bonds. The number of hydrogen-bond acceptors (Lipinski definition) is 2. The van der Waals surface area contributed by atoms with E-state index in [4.69, 9.17) is 11.6 Å². The number of carbonyl (C=O) groups is 1. The van der Waals surface area contributed by atoms with E-state index in [1.54, 1.807) is 18.0 Å². The molecule has 1 heterocycles. The number of hydrogen-bond donors (Lipinski definition) is 1. The molecular weight excluding hydrogens is 279 g/mol. The van der Waals surface area contributed by atoms with Gasteiger partial charge in [0.05, 0.1) is 5.02 Å². The monoisotopic (exact) mass is 298 g/mol. The first-order chi connectivity index (χ1) is 9.47. The van der Waals surface area contributed by atoms with E-state index in [-0.39, 0.29) is 16.8 Å². The fourth-order valence-electron chi connectivity index (χ4n) is 2.66. The van der Waals surface area contributed by atoms with E-state index in [0.29, 0.717) is 12.6 Å². The molecule has 2 rings (SSSR count). The summed E-state index contributed by atoms with van der Waals surface area (Å²) in [4.78, 5) is 14.1. The summed E-state index contributed by atoms with van der Waals surface area (Å²) in [6.45, 7) is 3.38. The SMILES string of the molecule is C[C@H]1C[C@@H](C(=O)N(C)Cc2ccc(Cl)c(F)c2)CCN1. The number of rotatable bonds is 3. The molecule has 3 nitrogen and oxygen atoms in total. The maximum absolute atomic E-state index is 13.4. The lowest BCUT2D eigenvalue weighted by Gasteiger charge is -2.30. The number of piperidine rings is 1. The highest BCUT2D eigenvalue weighted by Gasteiger charge is 2.27. The third-order valence-corrected chi connectivity index (χ3v) is 4.06. The minimum absolute atomic E-state index is 0.0633. The van der Waals surface area contributed by atoms with Crippen LogP contribution in [0.15, 0.2) is 18.2 Å². The average molecular weight is 299 g/mol. The van der Waals surface area contributed by atoms with Crippen molar-refractivity contribution in [3.05, 3.63) is 34.6 Å². The van der Waals surface area contributed by atoms with Gasteiger partial charge in [-0.15, -0.1) is 0 Å². The highest BCUT2D eigenvalue weighted by atomic mass is 35.5. The molecule has 0 aliphatic carbocycles. The maximum atomic E-state index is 13.4. The van der Waals surface area contributed by atoms with E-state index >= 15 is 0 Å². The largest absolute Gasteiger partial charge is 0.341 e. The molecule has 1 N–H and O–H groups in total. The molecule has 1 saturated heterocycles. The summed E-state index contributed by atoms with van der Waals surface area (Å²) in [5, 5.41) is 3.44. The third-order valence-electron chi connectivity index (χ3n) is 3.75. The van der Waals surface area contributed by atoms with Gasteiger partial charge in [0.1, 0.15) is 5.82 Å². The molecule has 0 bridgehead atoms. The summed E-state index contributed by atoms with van der Waals surface area (Å²) in [5.74, 6) is -0.248. The molecule has 0 aromatic heterocycles. The van der Waals surface area contributed by atoms with Crippen LogP contribution in [0.25, 0.3) is 0 Å². The molecule has 1 fully saturated rings. The first-order valence-electron chi connectivity index (χ1n) is 6.89. The van der Waals surface area contributed by atoms with Crippen LogP contribution in [0.4, 0.5) is 4.39 Å². The number of benzene rings is 1. The van der Waals surface area contributed by atoms with E-state index in [2.05, 4.69) is 12.2 Å². The number of nitrogens with one attached hydrogen (secondary N) is 1. The highest BCUT2D eigenvalue weighted by molar-refractivity contribution is 6.30. The van der Waals surface area contributed by atoms with Crippen LogP contribution >= 0.6 is 11.6 Å².